The zero-order valence-electron chi connectivity index (χ0n) is 10.3. The Bertz CT molecular complexity index is 391. The van der Waals surface area contributed by atoms with Crippen molar-refractivity contribution in [1.29, 1.82) is 0 Å². The van der Waals surface area contributed by atoms with Crippen molar-refractivity contribution < 1.29 is 14.6 Å². The number of aliphatic carboxylic acids is 1. The lowest BCUT2D eigenvalue weighted by Crippen LogP contribution is -2.37. The van der Waals surface area contributed by atoms with Gasteiger partial charge in [0.15, 0.2) is 5.82 Å². The zero-order valence-corrected chi connectivity index (χ0v) is 10.3. The van der Waals surface area contributed by atoms with Crippen LogP contribution in [0.5, 0.6) is 0 Å². The minimum atomic E-state index is -0.911. The number of hydrogen-bond donors (Lipinski definition) is 2. The van der Waals surface area contributed by atoms with Gasteiger partial charge in [0.1, 0.15) is 6.04 Å². The largest absolute Gasteiger partial charge is 0.480 e. The Morgan fingerprint density at radius 1 is 1.76 bits per heavy atom. The maximum Gasteiger partial charge on any atom is 0.326 e. The average molecular weight is 242 g/mol. The molecule has 3 N–H and O–H groups in total. The molecule has 1 aromatic heterocycles. The molecule has 0 bridgehead atoms. The Labute approximate surface area is 99.8 Å². The van der Waals surface area contributed by atoms with Crippen LogP contribution in [-0.2, 0) is 16.1 Å². The fraction of sp³-hybridized carbons (Fsp3) is 0.600. The number of nitrogens with two attached hydrogens (primary N) is 1. The van der Waals surface area contributed by atoms with Crippen LogP contribution in [0.1, 0.15) is 6.92 Å². The number of nitrogens with zero attached hydrogens (tertiary/aromatic N) is 3. The number of carboxylic acid groups (broad SMARTS) is 1. The molecule has 17 heavy (non-hydrogen) atoms. The first-order chi connectivity index (χ1) is 7.99. The summed E-state index contributed by atoms with van der Waals surface area (Å²) >= 11 is 0. The van der Waals surface area contributed by atoms with Crippen molar-refractivity contribution in [3.05, 3.63) is 6.20 Å². The number of carboxylic acids is 1. The highest BCUT2D eigenvalue weighted by atomic mass is 16.5. The van der Waals surface area contributed by atoms with Crippen LogP contribution in [0, 0.1) is 0 Å². The number of methoxy groups -OCH3 is 1. The molecule has 7 nitrogen and oxygen atoms in total. The molecule has 0 saturated heterocycles. The second-order valence-corrected chi connectivity index (χ2v) is 3.76. The first-order valence-electron chi connectivity index (χ1n) is 5.25. The van der Waals surface area contributed by atoms with Gasteiger partial charge in [0, 0.05) is 14.2 Å². The van der Waals surface area contributed by atoms with Gasteiger partial charge >= 0.3 is 5.97 Å². The molecular weight excluding hydrogens is 224 g/mol. The van der Waals surface area contributed by atoms with Crippen molar-refractivity contribution in [2.24, 2.45) is 0 Å². The molecule has 0 fully saturated rings. The lowest BCUT2D eigenvalue weighted by atomic mass is 10.3. The summed E-state index contributed by atoms with van der Waals surface area (Å²) in [6.45, 7) is 2.61. The lowest BCUT2D eigenvalue weighted by Gasteiger charge is -2.24. The van der Waals surface area contributed by atoms with E-state index in [1.807, 2.05) is 0 Å². The maximum absolute atomic E-state index is 10.9. The summed E-state index contributed by atoms with van der Waals surface area (Å²) in [4.78, 5) is 12.5. The summed E-state index contributed by atoms with van der Waals surface area (Å²) in [6, 6.07) is -0.671. The summed E-state index contributed by atoms with van der Waals surface area (Å²) < 4.78 is 6.60. The molecule has 0 aromatic carbocycles. The van der Waals surface area contributed by atoms with Crippen LogP contribution < -0.4 is 10.6 Å². The summed E-state index contributed by atoms with van der Waals surface area (Å²) in [5.41, 5.74) is 6.25. The smallest absolute Gasteiger partial charge is 0.326 e. The van der Waals surface area contributed by atoms with E-state index < -0.39 is 12.0 Å². The molecule has 1 atom stereocenters. The van der Waals surface area contributed by atoms with E-state index in [1.54, 1.807) is 30.7 Å². The standard InChI is InChI=1S/C10H18N4O3/c1-7(10(15)16)13(2)9-8(11)6-12-14(9)4-5-17-3/h6-7H,4-5,11H2,1-3H3,(H,15,16). The van der Waals surface area contributed by atoms with Crippen LogP contribution in [-0.4, -0.2) is 47.7 Å². The molecule has 1 unspecified atom stereocenters. The Morgan fingerprint density at radius 3 is 2.94 bits per heavy atom. The van der Waals surface area contributed by atoms with Crippen molar-refractivity contribution in [2.75, 3.05) is 31.4 Å². The molecule has 1 rings (SSSR count). The van der Waals surface area contributed by atoms with Crippen molar-refractivity contribution in [3.63, 3.8) is 0 Å². The Morgan fingerprint density at radius 2 is 2.41 bits per heavy atom. The summed E-state index contributed by atoms with van der Waals surface area (Å²) in [6.07, 6.45) is 1.51. The van der Waals surface area contributed by atoms with E-state index in [9.17, 15) is 4.79 Å². The number of anilines is 2. The Balaban J connectivity index is 2.94. The van der Waals surface area contributed by atoms with Crippen LogP contribution in [0.4, 0.5) is 11.5 Å². The number of ether oxygens (including phenoxy) is 1. The molecule has 0 aliphatic heterocycles. The predicted molar refractivity (Wildman–Crippen MR) is 64.0 cm³/mol. The highest BCUT2D eigenvalue weighted by molar-refractivity contribution is 5.79. The van der Waals surface area contributed by atoms with Gasteiger partial charge in [-0.15, -0.1) is 0 Å². The second-order valence-electron chi connectivity index (χ2n) is 3.76. The third-order valence-corrected chi connectivity index (χ3v) is 2.62. The second kappa shape index (κ2) is 5.53. The molecule has 1 heterocycles. The fourth-order valence-electron chi connectivity index (χ4n) is 1.47. The summed E-state index contributed by atoms with van der Waals surface area (Å²) in [5.74, 6) is -0.316. The van der Waals surface area contributed by atoms with Gasteiger partial charge in [0.25, 0.3) is 0 Å². The molecule has 0 saturated carbocycles. The molecule has 0 aliphatic rings. The van der Waals surface area contributed by atoms with E-state index >= 15 is 0 Å². The van der Waals surface area contributed by atoms with Crippen LogP contribution in [0.25, 0.3) is 0 Å². The van der Waals surface area contributed by atoms with Gasteiger partial charge in [-0.1, -0.05) is 0 Å². The molecule has 96 valence electrons. The summed E-state index contributed by atoms with van der Waals surface area (Å²) in [7, 11) is 3.27. The molecule has 1 aromatic rings. The molecule has 0 aliphatic carbocycles. The summed E-state index contributed by atoms with van der Waals surface area (Å²) in [5, 5.41) is 13.1. The molecule has 0 spiro atoms. The Hall–Kier alpha value is -1.76. The zero-order chi connectivity index (χ0) is 13.0. The van der Waals surface area contributed by atoms with E-state index in [-0.39, 0.29) is 0 Å². The van der Waals surface area contributed by atoms with Crippen molar-refractivity contribution in [3.8, 4) is 0 Å². The monoisotopic (exact) mass is 242 g/mol. The lowest BCUT2D eigenvalue weighted by molar-refractivity contribution is -0.138. The normalized spacial score (nSPS) is 12.4. The predicted octanol–water partition coefficient (Wildman–Crippen LogP) is 0.0210. The van der Waals surface area contributed by atoms with Crippen molar-refractivity contribution in [1.82, 2.24) is 9.78 Å². The van der Waals surface area contributed by atoms with Crippen LogP contribution in [0.3, 0.4) is 0 Å². The van der Waals surface area contributed by atoms with Gasteiger partial charge in [-0.05, 0) is 6.92 Å². The van der Waals surface area contributed by atoms with Crippen LogP contribution in [0.2, 0.25) is 0 Å². The average Bonchev–Trinajstić information content (AvgIpc) is 2.65. The van der Waals surface area contributed by atoms with Crippen molar-refractivity contribution in [2.45, 2.75) is 19.5 Å². The molecule has 0 amide bonds. The fourth-order valence-corrected chi connectivity index (χ4v) is 1.47. The Kier molecular flexibility index (Phi) is 4.33. The number of rotatable bonds is 6. The van der Waals surface area contributed by atoms with Crippen molar-refractivity contribution >= 4 is 17.5 Å². The first-order valence-corrected chi connectivity index (χ1v) is 5.25. The number of likely N-dealkylation sites (N-methyl/N-ethyl adjacent to an activating group) is 1. The first kappa shape index (κ1) is 13.3. The van der Waals surface area contributed by atoms with E-state index in [0.29, 0.717) is 24.7 Å². The molecule has 7 heteroatoms. The topological polar surface area (TPSA) is 93.6 Å². The van der Waals surface area contributed by atoms with Gasteiger partial charge in [-0.2, -0.15) is 5.10 Å². The minimum absolute atomic E-state index is 0.455. The molecular formula is C10H18N4O3. The molecule has 0 radical (unpaired) electrons. The van der Waals surface area contributed by atoms with Gasteiger partial charge in [0.2, 0.25) is 0 Å². The van der Waals surface area contributed by atoms with Crippen LogP contribution in [0.15, 0.2) is 6.20 Å². The van der Waals surface area contributed by atoms with E-state index in [1.165, 1.54) is 6.20 Å². The highest BCUT2D eigenvalue weighted by Crippen LogP contribution is 2.23. The van der Waals surface area contributed by atoms with E-state index in [2.05, 4.69) is 5.10 Å². The third kappa shape index (κ3) is 2.88. The quantitative estimate of drug-likeness (QED) is 0.730. The third-order valence-electron chi connectivity index (χ3n) is 2.62. The number of aromatic nitrogens is 2. The maximum atomic E-state index is 10.9. The number of hydrogen-bond acceptors (Lipinski definition) is 5. The van der Waals surface area contributed by atoms with E-state index in [4.69, 9.17) is 15.6 Å². The minimum Gasteiger partial charge on any atom is -0.480 e. The van der Waals surface area contributed by atoms with Crippen LogP contribution >= 0.6 is 0 Å². The number of nitrogen functional groups attached to an aromatic ring is 1. The highest BCUT2D eigenvalue weighted by Gasteiger charge is 2.22. The van der Waals surface area contributed by atoms with E-state index in [0.717, 1.165) is 0 Å². The SMILES string of the molecule is COCCn1ncc(N)c1N(C)C(C)C(=O)O. The van der Waals surface area contributed by atoms with Gasteiger partial charge < -0.3 is 20.5 Å². The van der Waals surface area contributed by atoms with Gasteiger partial charge in [-0.25, -0.2) is 9.48 Å². The number of carbonyl (C=O) groups is 1. The van der Waals surface area contributed by atoms with Gasteiger partial charge in [-0.3, -0.25) is 0 Å². The van der Waals surface area contributed by atoms with Gasteiger partial charge in [0.05, 0.1) is 25.0 Å².